The first kappa shape index (κ1) is 21.0. The summed E-state index contributed by atoms with van der Waals surface area (Å²) in [6, 6.07) is 11.0. The Kier molecular flexibility index (Phi) is 5.79. The lowest BCUT2D eigenvalue weighted by molar-refractivity contribution is -0.148. The van der Waals surface area contributed by atoms with E-state index in [-0.39, 0.29) is 12.2 Å². The number of imidazole rings is 1. The zero-order valence-corrected chi connectivity index (χ0v) is 17.1. The van der Waals surface area contributed by atoms with Crippen molar-refractivity contribution in [3.8, 4) is 11.5 Å². The molecule has 166 valence electrons. The van der Waals surface area contributed by atoms with Crippen LogP contribution in [0.15, 0.2) is 47.3 Å². The predicted octanol–water partition coefficient (Wildman–Crippen LogP) is 1.00. The van der Waals surface area contributed by atoms with Crippen molar-refractivity contribution in [3.05, 3.63) is 52.9 Å². The Bertz CT molecular complexity index is 1260. The van der Waals surface area contributed by atoms with Gasteiger partial charge in [-0.3, -0.25) is 24.0 Å². The monoisotopic (exact) mass is 440 g/mol. The molecule has 0 fully saturated rings. The average Bonchev–Trinajstić information content (AvgIpc) is 3.02. The van der Waals surface area contributed by atoms with E-state index in [0.29, 0.717) is 41.4 Å². The second-order valence-corrected chi connectivity index (χ2v) is 6.94. The van der Waals surface area contributed by atoms with Crippen molar-refractivity contribution in [1.82, 2.24) is 14.5 Å². The number of hydrogen-bond donors (Lipinski definition) is 2. The zero-order chi connectivity index (χ0) is 22.7. The molecule has 0 aliphatic carbocycles. The van der Waals surface area contributed by atoms with E-state index < -0.39 is 24.5 Å². The number of amides is 3. The number of rotatable bonds is 5. The van der Waals surface area contributed by atoms with Crippen molar-refractivity contribution in [3.63, 3.8) is 0 Å². The highest BCUT2D eigenvalue weighted by atomic mass is 16.6. The summed E-state index contributed by atoms with van der Waals surface area (Å²) in [7, 11) is 1.60. The molecule has 11 nitrogen and oxygen atoms in total. The number of anilines is 1. The molecule has 2 aromatic carbocycles. The molecule has 0 unspecified atom stereocenters. The van der Waals surface area contributed by atoms with Crippen molar-refractivity contribution in [1.29, 1.82) is 0 Å². The zero-order valence-electron chi connectivity index (χ0n) is 17.1. The number of benzene rings is 2. The minimum atomic E-state index is -0.821. The third-order valence-electron chi connectivity index (χ3n) is 4.76. The largest absolute Gasteiger partial charge is 0.486 e. The normalized spacial score (nSPS) is 12.3. The molecule has 2 N–H and O–H groups in total. The molecule has 0 bridgehead atoms. The Labute approximate surface area is 181 Å². The molecule has 0 saturated heterocycles. The van der Waals surface area contributed by atoms with E-state index in [1.165, 1.54) is 9.13 Å². The topological polar surface area (TPSA) is 130 Å². The smallest absolute Gasteiger partial charge is 0.329 e. The van der Waals surface area contributed by atoms with Gasteiger partial charge in [-0.1, -0.05) is 12.1 Å². The fourth-order valence-electron chi connectivity index (χ4n) is 3.28. The molecule has 0 spiro atoms. The second-order valence-electron chi connectivity index (χ2n) is 6.94. The highest BCUT2D eigenvalue weighted by Gasteiger charge is 2.17. The molecule has 0 atom stereocenters. The maximum Gasteiger partial charge on any atom is 0.329 e. The van der Waals surface area contributed by atoms with E-state index in [2.05, 4.69) is 10.6 Å². The summed E-state index contributed by atoms with van der Waals surface area (Å²) in [4.78, 5) is 48.4. The van der Waals surface area contributed by atoms with Crippen molar-refractivity contribution in [2.75, 3.05) is 25.1 Å². The number of nitrogens with zero attached hydrogens (tertiary/aromatic N) is 2. The molecule has 0 radical (unpaired) electrons. The van der Waals surface area contributed by atoms with Gasteiger partial charge in [-0.25, -0.2) is 9.59 Å². The molecule has 4 rings (SSSR count). The van der Waals surface area contributed by atoms with E-state index in [0.717, 1.165) is 0 Å². The van der Waals surface area contributed by atoms with Crippen LogP contribution in [0.1, 0.15) is 0 Å². The first-order valence-corrected chi connectivity index (χ1v) is 9.73. The first-order chi connectivity index (χ1) is 15.4. The first-order valence-electron chi connectivity index (χ1n) is 9.73. The van der Waals surface area contributed by atoms with Crippen molar-refractivity contribution in [2.24, 2.45) is 7.05 Å². The summed E-state index contributed by atoms with van der Waals surface area (Å²) < 4.78 is 18.4. The number of fused-ring (bicyclic) bond motifs is 2. The Morgan fingerprint density at radius 3 is 2.53 bits per heavy atom. The summed E-state index contributed by atoms with van der Waals surface area (Å²) in [5, 5.41) is 4.55. The number of aryl methyl sites for hydroxylation is 1. The van der Waals surface area contributed by atoms with Gasteiger partial charge in [0, 0.05) is 18.8 Å². The van der Waals surface area contributed by atoms with Crippen LogP contribution in [0.4, 0.5) is 10.5 Å². The molecular weight excluding hydrogens is 420 g/mol. The number of hydrogen-bond acceptors (Lipinski definition) is 7. The SMILES string of the molecule is Cn1c(=O)n(CC(=O)OCC(=O)NC(=O)Nc2ccc3c(c2)OCCO3)c2ccccc21. The summed E-state index contributed by atoms with van der Waals surface area (Å²) in [6.07, 6.45) is 0. The highest BCUT2D eigenvalue weighted by molar-refractivity contribution is 6.02. The molecular formula is C21H20N4O7. The molecule has 32 heavy (non-hydrogen) atoms. The maximum absolute atomic E-state index is 12.3. The third kappa shape index (κ3) is 4.41. The molecule has 2 heterocycles. The van der Waals surface area contributed by atoms with Crippen LogP contribution in [0.25, 0.3) is 11.0 Å². The van der Waals surface area contributed by atoms with Gasteiger partial charge in [0.15, 0.2) is 18.1 Å². The Morgan fingerprint density at radius 1 is 1.03 bits per heavy atom. The van der Waals surface area contributed by atoms with Crippen LogP contribution in [-0.4, -0.2) is 46.9 Å². The van der Waals surface area contributed by atoms with Crippen LogP contribution in [0, 0.1) is 0 Å². The number of para-hydroxylation sites is 2. The van der Waals surface area contributed by atoms with Crippen LogP contribution < -0.4 is 25.8 Å². The molecule has 0 saturated carbocycles. The van der Waals surface area contributed by atoms with E-state index >= 15 is 0 Å². The van der Waals surface area contributed by atoms with E-state index in [1.807, 2.05) is 0 Å². The summed E-state index contributed by atoms with van der Waals surface area (Å²) in [5.74, 6) is -0.557. The number of aromatic nitrogens is 2. The molecule has 3 aromatic rings. The molecule has 3 amide bonds. The van der Waals surface area contributed by atoms with Gasteiger partial charge < -0.3 is 19.5 Å². The number of ether oxygens (including phenoxy) is 3. The lowest BCUT2D eigenvalue weighted by Gasteiger charge is -2.19. The van der Waals surface area contributed by atoms with Gasteiger partial charge in [-0.05, 0) is 24.3 Å². The molecule has 11 heteroatoms. The number of urea groups is 1. The number of carbonyl (C=O) groups is 3. The van der Waals surface area contributed by atoms with Gasteiger partial charge in [-0.15, -0.1) is 0 Å². The van der Waals surface area contributed by atoms with Gasteiger partial charge in [0.2, 0.25) is 0 Å². The maximum atomic E-state index is 12.3. The van der Waals surface area contributed by atoms with Crippen LogP contribution in [0.2, 0.25) is 0 Å². The van der Waals surface area contributed by atoms with Gasteiger partial charge >= 0.3 is 17.7 Å². The van der Waals surface area contributed by atoms with Crippen LogP contribution in [0.3, 0.4) is 0 Å². The van der Waals surface area contributed by atoms with Crippen LogP contribution in [0.5, 0.6) is 11.5 Å². The highest BCUT2D eigenvalue weighted by Crippen LogP contribution is 2.32. The summed E-state index contributed by atoms with van der Waals surface area (Å²) >= 11 is 0. The van der Waals surface area contributed by atoms with Gasteiger partial charge in [0.25, 0.3) is 5.91 Å². The number of imide groups is 1. The van der Waals surface area contributed by atoms with Crippen LogP contribution >= 0.6 is 0 Å². The van der Waals surface area contributed by atoms with Gasteiger partial charge in [0.05, 0.1) is 11.0 Å². The fourth-order valence-corrected chi connectivity index (χ4v) is 3.28. The molecule has 1 aliphatic heterocycles. The lowest BCUT2D eigenvalue weighted by Crippen LogP contribution is -2.37. The van der Waals surface area contributed by atoms with Crippen molar-refractivity contribution in [2.45, 2.75) is 6.54 Å². The minimum Gasteiger partial charge on any atom is -0.486 e. The summed E-state index contributed by atoms with van der Waals surface area (Å²) in [5.41, 5.74) is 1.25. The van der Waals surface area contributed by atoms with E-state index in [9.17, 15) is 19.2 Å². The van der Waals surface area contributed by atoms with Crippen molar-refractivity contribution < 1.29 is 28.6 Å². The predicted molar refractivity (Wildman–Crippen MR) is 113 cm³/mol. The number of esters is 1. The van der Waals surface area contributed by atoms with Gasteiger partial charge in [-0.2, -0.15) is 0 Å². The third-order valence-corrected chi connectivity index (χ3v) is 4.76. The minimum absolute atomic E-state index is 0.364. The molecule has 1 aliphatic rings. The Balaban J connectivity index is 1.29. The average molecular weight is 440 g/mol. The van der Waals surface area contributed by atoms with E-state index in [4.69, 9.17) is 14.2 Å². The second kappa shape index (κ2) is 8.84. The molecule has 1 aromatic heterocycles. The lowest BCUT2D eigenvalue weighted by atomic mass is 10.2. The standard InChI is InChI=1S/C21H20N4O7/c1-24-14-4-2-3-5-15(14)25(21(24)29)11-19(27)32-12-18(26)23-20(28)22-13-6-7-16-17(10-13)31-9-8-30-16/h2-7,10H,8-9,11-12H2,1H3,(H2,22,23,26,28). The van der Waals surface area contributed by atoms with Gasteiger partial charge in [0.1, 0.15) is 19.8 Å². The van der Waals surface area contributed by atoms with E-state index in [1.54, 1.807) is 49.5 Å². The Hall–Kier alpha value is -4.28. The van der Waals surface area contributed by atoms with Crippen LogP contribution in [-0.2, 0) is 27.9 Å². The number of carbonyl (C=O) groups excluding carboxylic acids is 3. The van der Waals surface area contributed by atoms with Crippen molar-refractivity contribution >= 4 is 34.6 Å². The summed E-state index contributed by atoms with van der Waals surface area (Å²) in [6.45, 7) is -0.191. The number of nitrogens with one attached hydrogen (secondary N) is 2. The quantitative estimate of drug-likeness (QED) is 0.566. The fraction of sp³-hybridized carbons (Fsp3) is 0.238. The Morgan fingerprint density at radius 2 is 1.75 bits per heavy atom.